The van der Waals surface area contributed by atoms with Gasteiger partial charge in [-0.25, -0.2) is 8.42 Å². The van der Waals surface area contributed by atoms with Crippen LogP contribution >= 0.6 is 11.8 Å². The summed E-state index contributed by atoms with van der Waals surface area (Å²) in [6, 6.07) is 8.26. The molecule has 5 heteroatoms. The van der Waals surface area contributed by atoms with E-state index in [1.165, 1.54) is 6.92 Å². The van der Waals surface area contributed by atoms with Gasteiger partial charge in [0.15, 0.2) is 15.0 Å². The van der Waals surface area contributed by atoms with Gasteiger partial charge in [0.05, 0.1) is 10.6 Å². The highest BCUT2D eigenvalue weighted by atomic mass is 32.2. The quantitative estimate of drug-likeness (QED) is 0.809. The third-order valence-electron chi connectivity index (χ3n) is 1.76. The molecule has 0 heterocycles. The number of rotatable bonds is 4. The van der Waals surface area contributed by atoms with Crippen molar-refractivity contribution in [2.45, 2.75) is 11.8 Å². The van der Waals surface area contributed by atoms with Crippen LogP contribution in [-0.4, -0.2) is 25.0 Å². The molecule has 0 unspecified atom stereocenters. The summed E-state index contributed by atoms with van der Waals surface area (Å²) in [6.07, 6.45) is 0. The molecule has 1 rings (SSSR count). The van der Waals surface area contributed by atoms with Crippen molar-refractivity contribution < 1.29 is 13.2 Å². The van der Waals surface area contributed by atoms with Gasteiger partial charge < -0.3 is 0 Å². The first kappa shape index (κ1) is 12.3. The number of hydrogen-bond acceptors (Lipinski definition) is 4. The first-order valence-corrected chi connectivity index (χ1v) is 7.07. The maximum atomic E-state index is 11.7. The van der Waals surface area contributed by atoms with E-state index in [-0.39, 0.29) is 10.9 Å². The van der Waals surface area contributed by atoms with Crippen molar-refractivity contribution in [2.75, 3.05) is 11.5 Å². The molecule has 3 nitrogen and oxygen atoms in total. The van der Waals surface area contributed by atoms with Crippen LogP contribution in [0.3, 0.4) is 0 Å². The van der Waals surface area contributed by atoms with E-state index in [9.17, 15) is 13.2 Å². The summed E-state index contributed by atoms with van der Waals surface area (Å²) in [4.78, 5) is 10.9. The molecule has 0 amide bonds. The smallest absolute Gasteiger partial charge is 0.185 e. The number of carbonyl (C=O) groups excluding carboxylic acids is 1. The molecule has 0 aliphatic heterocycles. The summed E-state index contributed by atoms with van der Waals surface area (Å²) < 4.78 is 23.4. The second-order valence-corrected chi connectivity index (χ2v) is 6.35. The lowest BCUT2D eigenvalue weighted by atomic mass is 10.4. The highest BCUT2D eigenvalue weighted by Gasteiger charge is 2.13. The minimum Gasteiger partial charge on any atom is -0.288 e. The molecule has 82 valence electrons. The van der Waals surface area contributed by atoms with E-state index in [4.69, 9.17) is 0 Å². The van der Waals surface area contributed by atoms with Crippen LogP contribution in [-0.2, 0) is 14.6 Å². The fourth-order valence-corrected chi connectivity index (χ4v) is 3.35. The van der Waals surface area contributed by atoms with Gasteiger partial charge in [0.1, 0.15) is 0 Å². The Balaban J connectivity index is 2.65. The summed E-state index contributed by atoms with van der Waals surface area (Å²) in [7, 11) is -3.23. The van der Waals surface area contributed by atoms with Crippen LogP contribution in [0.2, 0.25) is 0 Å². The van der Waals surface area contributed by atoms with Crippen molar-refractivity contribution in [3.63, 3.8) is 0 Å². The van der Waals surface area contributed by atoms with Crippen molar-refractivity contribution >= 4 is 26.7 Å². The first-order valence-electron chi connectivity index (χ1n) is 4.43. The minimum atomic E-state index is -3.23. The number of carbonyl (C=O) groups is 1. The van der Waals surface area contributed by atoms with Crippen molar-refractivity contribution in [3.8, 4) is 0 Å². The Morgan fingerprint density at radius 1 is 1.27 bits per heavy atom. The number of hydrogen-bond donors (Lipinski definition) is 0. The molecule has 0 saturated carbocycles. The average molecular weight is 244 g/mol. The summed E-state index contributed by atoms with van der Waals surface area (Å²) in [5, 5.41) is -0.0572. The zero-order chi connectivity index (χ0) is 11.3. The summed E-state index contributed by atoms with van der Waals surface area (Å²) in [5.74, 6) is 0.313. The molecule has 0 aliphatic rings. The Kier molecular flexibility index (Phi) is 4.35. The lowest BCUT2D eigenvalue weighted by Crippen LogP contribution is -2.09. The number of sulfone groups is 1. The molecular weight excluding hydrogens is 232 g/mol. The van der Waals surface area contributed by atoms with Crippen LogP contribution in [0, 0.1) is 0 Å². The van der Waals surface area contributed by atoms with E-state index in [0.717, 1.165) is 11.8 Å². The fourth-order valence-electron chi connectivity index (χ4n) is 1.04. The van der Waals surface area contributed by atoms with E-state index in [1.54, 1.807) is 30.3 Å². The van der Waals surface area contributed by atoms with E-state index in [1.807, 2.05) is 0 Å². The largest absolute Gasteiger partial charge is 0.288 e. The Morgan fingerprint density at radius 3 is 2.40 bits per heavy atom. The second-order valence-electron chi connectivity index (χ2n) is 2.97. The molecule has 0 spiro atoms. The lowest BCUT2D eigenvalue weighted by Gasteiger charge is -2.02. The van der Waals surface area contributed by atoms with E-state index in [2.05, 4.69) is 0 Å². The highest BCUT2D eigenvalue weighted by molar-refractivity contribution is 8.14. The molecule has 0 radical (unpaired) electrons. The van der Waals surface area contributed by atoms with Crippen LogP contribution in [0.4, 0.5) is 0 Å². The predicted molar refractivity (Wildman–Crippen MR) is 61.6 cm³/mol. The predicted octanol–water partition coefficient (Wildman–Crippen LogP) is 1.74. The molecule has 0 aliphatic carbocycles. The first-order chi connectivity index (χ1) is 7.02. The van der Waals surface area contributed by atoms with Crippen molar-refractivity contribution in [1.29, 1.82) is 0 Å². The third-order valence-corrected chi connectivity index (χ3v) is 4.56. The topological polar surface area (TPSA) is 51.2 Å². The van der Waals surface area contributed by atoms with E-state index in [0.29, 0.717) is 10.6 Å². The van der Waals surface area contributed by atoms with Gasteiger partial charge in [-0.1, -0.05) is 30.0 Å². The van der Waals surface area contributed by atoms with Gasteiger partial charge in [0, 0.05) is 12.7 Å². The van der Waals surface area contributed by atoms with Gasteiger partial charge >= 0.3 is 0 Å². The van der Waals surface area contributed by atoms with Crippen LogP contribution in [0.5, 0.6) is 0 Å². The van der Waals surface area contributed by atoms with Crippen molar-refractivity contribution in [3.05, 3.63) is 30.3 Å². The molecule has 0 aromatic heterocycles. The lowest BCUT2D eigenvalue weighted by molar-refractivity contribution is -0.109. The second kappa shape index (κ2) is 5.32. The molecule has 0 fully saturated rings. The zero-order valence-electron chi connectivity index (χ0n) is 8.34. The molecule has 0 atom stereocenters. The number of thioether (sulfide) groups is 1. The van der Waals surface area contributed by atoms with Crippen LogP contribution < -0.4 is 0 Å². The van der Waals surface area contributed by atoms with Crippen LogP contribution in [0.15, 0.2) is 35.2 Å². The molecular formula is C10H12O3S2. The average Bonchev–Trinajstić information content (AvgIpc) is 2.18. The summed E-state index contributed by atoms with van der Waals surface area (Å²) >= 11 is 1.03. The van der Waals surface area contributed by atoms with Gasteiger partial charge in [0.25, 0.3) is 0 Å². The Bertz CT molecular complexity index is 423. The summed E-state index contributed by atoms with van der Waals surface area (Å²) in [6.45, 7) is 1.43. The maximum absolute atomic E-state index is 11.7. The van der Waals surface area contributed by atoms with E-state index < -0.39 is 9.84 Å². The minimum absolute atomic E-state index is 0.00125. The molecule has 0 N–H and O–H groups in total. The Labute approximate surface area is 93.8 Å². The molecule has 0 bridgehead atoms. The van der Waals surface area contributed by atoms with Crippen LogP contribution in [0.1, 0.15) is 6.92 Å². The van der Waals surface area contributed by atoms with Gasteiger partial charge in [-0.05, 0) is 12.1 Å². The Morgan fingerprint density at radius 2 is 1.87 bits per heavy atom. The molecule has 15 heavy (non-hydrogen) atoms. The molecule has 1 aromatic carbocycles. The zero-order valence-corrected chi connectivity index (χ0v) is 9.98. The van der Waals surface area contributed by atoms with Gasteiger partial charge in [0.2, 0.25) is 0 Å². The molecule has 0 saturated heterocycles. The van der Waals surface area contributed by atoms with Crippen molar-refractivity contribution in [1.82, 2.24) is 0 Å². The normalized spacial score (nSPS) is 11.3. The third kappa shape index (κ3) is 4.05. The number of benzene rings is 1. The van der Waals surface area contributed by atoms with Crippen LogP contribution in [0.25, 0.3) is 0 Å². The van der Waals surface area contributed by atoms with Crippen molar-refractivity contribution in [2.24, 2.45) is 0 Å². The monoisotopic (exact) mass is 244 g/mol. The molecule has 1 aromatic rings. The SMILES string of the molecule is CC(=O)SCCS(=O)(=O)c1ccccc1. The van der Waals surface area contributed by atoms with E-state index >= 15 is 0 Å². The summed E-state index contributed by atoms with van der Waals surface area (Å²) in [5.41, 5.74) is 0. The Hall–Kier alpha value is -0.810. The van der Waals surface area contributed by atoms with Gasteiger partial charge in [-0.2, -0.15) is 0 Å². The van der Waals surface area contributed by atoms with Gasteiger partial charge in [-0.3, -0.25) is 4.79 Å². The maximum Gasteiger partial charge on any atom is 0.185 e. The standard InChI is InChI=1S/C10H12O3S2/c1-9(11)14-7-8-15(12,13)10-5-3-2-4-6-10/h2-6H,7-8H2,1H3. The highest BCUT2D eigenvalue weighted by Crippen LogP contribution is 2.12. The fraction of sp³-hybridized carbons (Fsp3) is 0.300. The van der Waals surface area contributed by atoms with Gasteiger partial charge in [-0.15, -0.1) is 0 Å².